The number of pyridine rings is 1. The molecule has 176 valence electrons. The molecule has 3 aliphatic rings. The number of hydrogen-bond acceptors (Lipinski definition) is 6. The van der Waals surface area contributed by atoms with E-state index in [1.54, 1.807) is 11.3 Å². The molecule has 0 bridgehead atoms. The molecule has 0 spiro atoms. The van der Waals surface area contributed by atoms with Gasteiger partial charge < -0.3 is 19.9 Å². The van der Waals surface area contributed by atoms with Crippen molar-refractivity contribution in [2.45, 2.75) is 37.5 Å². The molecule has 34 heavy (non-hydrogen) atoms. The molecular weight excluding hydrogens is 446 g/mol. The summed E-state index contributed by atoms with van der Waals surface area (Å²) >= 11 is 1.58. The zero-order valence-corrected chi connectivity index (χ0v) is 20.2. The smallest absolute Gasteiger partial charge is 0.253 e. The maximum absolute atomic E-state index is 12.5. The highest BCUT2D eigenvalue weighted by Crippen LogP contribution is 2.58. The second-order valence-corrected chi connectivity index (χ2v) is 10.5. The summed E-state index contributed by atoms with van der Waals surface area (Å²) in [5.41, 5.74) is 6.30. The minimum atomic E-state index is -0.0634. The third kappa shape index (κ3) is 4.05. The van der Waals surface area contributed by atoms with Crippen LogP contribution in [0.15, 0.2) is 53.3 Å². The van der Waals surface area contributed by atoms with Gasteiger partial charge in [0.1, 0.15) is 5.69 Å². The summed E-state index contributed by atoms with van der Waals surface area (Å²) in [6, 6.07) is 8.14. The van der Waals surface area contributed by atoms with Crippen molar-refractivity contribution in [1.82, 2.24) is 19.9 Å². The highest BCUT2D eigenvalue weighted by molar-refractivity contribution is 7.14. The van der Waals surface area contributed by atoms with Crippen LogP contribution in [0.1, 0.15) is 48.2 Å². The van der Waals surface area contributed by atoms with Crippen molar-refractivity contribution in [2.24, 2.45) is 13.0 Å². The van der Waals surface area contributed by atoms with E-state index in [0.717, 1.165) is 54.7 Å². The summed E-state index contributed by atoms with van der Waals surface area (Å²) < 4.78 is 7.52. The monoisotopic (exact) mass is 475 g/mol. The van der Waals surface area contributed by atoms with E-state index >= 15 is 0 Å². The Hall–Kier alpha value is -2.97. The molecule has 1 saturated heterocycles. The minimum absolute atomic E-state index is 0.0634. The summed E-state index contributed by atoms with van der Waals surface area (Å²) in [4.78, 5) is 22.4. The van der Waals surface area contributed by atoms with Gasteiger partial charge in [0.05, 0.1) is 24.4 Å². The number of rotatable bonds is 7. The molecule has 1 amide bonds. The van der Waals surface area contributed by atoms with Crippen molar-refractivity contribution in [3.05, 3.63) is 64.6 Å². The van der Waals surface area contributed by atoms with Crippen molar-refractivity contribution in [3.63, 3.8) is 0 Å². The van der Waals surface area contributed by atoms with Crippen LogP contribution in [0.25, 0.3) is 11.4 Å². The van der Waals surface area contributed by atoms with Crippen LogP contribution in [0.4, 0.5) is 5.13 Å². The van der Waals surface area contributed by atoms with Crippen molar-refractivity contribution in [2.75, 3.05) is 25.1 Å². The van der Waals surface area contributed by atoms with Crippen LogP contribution >= 0.6 is 11.3 Å². The third-order valence-corrected chi connectivity index (χ3v) is 8.19. The topological polar surface area (TPSA) is 81.1 Å². The number of amides is 1. The van der Waals surface area contributed by atoms with E-state index in [2.05, 4.69) is 28.1 Å². The molecule has 0 radical (unpaired) electrons. The quantitative estimate of drug-likeness (QED) is 0.526. The molecule has 2 saturated carbocycles. The first kappa shape index (κ1) is 21.6. The van der Waals surface area contributed by atoms with E-state index < -0.39 is 0 Å². The number of nitrogens with one attached hydrogen (secondary N) is 2. The number of thiazole rings is 1. The van der Waals surface area contributed by atoms with Crippen LogP contribution in [0.3, 0.4) is 0 Å². The van der Waals surface area contributed by atoms with Gasteiger partial charge in [-0.3, -0.25) is 9.78 Å². The van der Waals surface area contributed by atoms with Crippen molar-refractivity contribution in [1.29, 1.82) is 0 Å². The molecule has 3 aromatic heterocycles. The Kier molecular flexibility index (Phi) is 5.50. The number of fused-ring (bicyclic) bond motifs is 1. The molecule has 7 nitrogen and oxygen atoms in total. The molecule has 4 heterocycles. The molecule has 2 atom stereocenters. The Balaban J connectivity index is 1.16. The van der Waals surface area contributed by atoms with Crippen LogP contribution in [0, 0.1) is 5.92 Å². The van der Waals surface area contributed by atoms with Crippen molar-refractivity contribution >= 4 is 22.4 Å². The van der Waals surface area contributed by atoms with E-state index in [-0.39, 0.29) is 11.3 Å². The standard InChI is InChI=1S/C26H29N5O2S/c1-31-10-8-18(14-31)24(32)27-13-21(17-4-2-5-17)29-25-30-22(16-34-25)20-6-3-7-23(28-20)26-9-11-33-15-19(26)12-26/h3,6-8,10,14,16,19H,2,4-5,9,11-13,15H2,1H3,(H,27,32)(H,29,30). The Labute approximate surface area is 203 Å². The van der Waals surface area contributed by atoms with E-state index in [4.69, 9.17) is 14.7 Å². The predicted molar refractivity (Wildman–Crippen MR) is 133 cm³/mol. The number of allylic oxidation sites excluding steroid dienone is 1. The molecule has 1 aliphatic heterocycles. The molecule has 2 N–H and O–H groups in total. The van der Waals surface area contributed by atoms with Crippen molar-refractivity contribution < 1.29 is 9.53 Å². The van der Waals surface area contributed by atoms with Crippen LogP contribution in [0.5, 0.6) is 0 Å². The van der Waals surface area contributed by atoms with E-state index in [0.29, 0.717) is 18.0 Å². The normalized spacial score (nSPS) is 23.1. The molecule has 6 rings (SSSR count). The molecule has 0 aromatic carbocycles. The van der Waals surface area contributed by atoms with Gasteiger partial charge in [0.25, 0.3) is 5.91 Å². The summed E-state index contributed by atoms with van der Waals surface area (Å²) in [5.74, 6) is 0.547. The Bertz CT molecular complexity index is 1260. The maximum atomic E-state index is 12.5. The van der Waals surface area contributed by atoms with Gasteiger partial charge in [0.2, 0.25) is 0 Å². The lowest BCUT2D eigenvalue weighted by Gasteiger charge is -2.23. The lowest BCUT2D eigenvalue weighted by atomic mass is 9.90. The zero-order valence-electron chi connectivity index (χ0n) is 19.3. The minimum Gasteiger partial charge on any atom is -0.381 e. The SMILES string of the molecule is Cn1ccc(C(=O)NCC(Nc2nc(-c3cccc(C45CCOCC4C5)n3)cs2)=C2CCC2)c1. The van der Waals surface area contributed by atoms with Gasteiger partial charge in [0.15, 0.2) is 5.13 Å². The second-order valence-electron chi connectivity index (χ2n) is 9.64. The fourth-order valence-electron chi connectivity index (χ4n) is 5.08. The summed E-state index contributed by atoms with van der Waals surface area (Å²) in [5, 5.41) is 9.45. The number of aryl methyl sites for hydroxylation is 1. The summed E-state index contributed by atoms with van der Waals surface area (Å²) in [7, 11) is 1.91. The lowest BCUT2D eigenvalue weighted by molar-refractivity contribution is 0.0794. The van der Waals surface area contributed by atoms with Gasteiger partial charge in [-0.15, -0.1) is 11.3 Å². The molecule has 2 aliphatic carbocycles. The number of aromatic nitrogens is 3. The van der Waals surface area contributed by atoms with Crippen molar-refractivity contribution in [3.8, 4) is 11.4 Å². The molecule has 3 fully saturated rings. The lowest BCUT2D eigenvalue weighted by Crippen LogP contribution is -2.29. The largest absolute Gasteiger partial charge is 0.381 e. The van der Waals surface area contributed by atoms with Gasteiger partial charge in [-0.05, 0) is 61.8 Å². The van der Waals surface area contributed by atoms with Crippen LogP contribution in [-0.2, 0) is 17.2 Å². The first-order valence-corrected chi connectivity index (χ1v) is 12.9. The average Bonchev–Trinajstić information content (AvgIpc) is 3.12. The zero-order chi connectivity index (χ0) is 23.1. The number of anilines is 1. The van der Waals surface area contributed by atoms with Gasteiger partial charge >= 0.3 is 0 Å². The Morgan fingerprint density at radius 2 is 2.18 bits per heavy atom. The first-order chi connectivity index (χ1) is 16.6. The second kappa shape index (κ2) is 8.67. The maximum Gasteiger partial charge on any atom is 0.253 e. The fraction of sp³-hybridized carbons (Fsp3) is 0.423. The van der Waals surface area contributed by atoms with E-state index in [1.165, 1.54) is 24.1 Å². The van der Waals surface area contributed by atoms with Gasteiger partial charge in [0, 0.05) is 48.2 Å². The first-order valence-electron chi connectivity index (χ1n) is 12.0. The number of nitrogens with zero attached hydrogens (tertiary/aromatic N) is 3. The number of ether oxygens (including phenoxy) is 1. The summed E-state index contributed by atoms with van der Waals surface area (Å²) in [6.07, 6.45) is 9.28. The van der Waals surface area contributed by atoms with E-state index in [9.17, 15) is 4.79 Å². The fourth-order valence-corrected chi connectivity index (χ4v) is 5.81. The van der Waals surface area contributed by atoms with E-state index in [1.807, 2.05) is 36.1 Å². The predicted octanol–water partition coefficient (Wildman–Crippen LogP) is 4.50. The Morgan fingerprint density at radius 1 is 1.26 bits per heavy atom. The molecular formula is C26H29N5O2S. The highest BCUT2D eigenvalue weighted by Gasteiger charge is 2.57. The van der Waals surface area contributed by atoms with Gasteiger partial charge in [-0.1, -0.05) is 6.07 Å². The highest BCUT2D eigenvalue weighted by atomic mass is 32.1. The van der Waals surface area contributed by atoms with Gasteiger partial charge in [-0.25, -0.2) is 4.98 Å². The number of carbonyl (C=O) groups excluding carboxylic acids is 1. The average molecular weight is 476 g/mol. The van der Waals surface area contributed by atoms with Gasteiger partial charge in [-0.2, -0.15) is 0 Å². The molecule has 8 heteroatoms. The molecule has 2 unspecified atom stereocenters. The molecule has 3 aromatic rings. The van der Waals surface area contributed by atoms with Crippen LogP contribution in [0.2, 0.25) is 0 Å². The summed E-state index contributed by atoms with van der Waals surface area (Å²) in [6.45, 7) is 2.15. The number of carbonyl (C=O) groups is 1. The van der Waals surface area contributed by atoms with Crippen LogP contribution in [-0.4, -0.2) is 40.2 Å². The Morgan fingerprint density at radius 3 is 2.94 bits per heavy atom. The van der Waals surface area contributed by atoms with Crippen LogP contribution < -0.4 is 10.6 Å². The third-order valence-electron chi connectivity index (χ3n) is 7.43. The number of hydrogen-bond donors (Lipinski definition) is 2.